The number of carboxylic acid groups (broad SMARTS) is 1. The number of carboxylic acids is 1. The number of rotatable bonds is 6. The minimum Gasteiger partial charge on any atom is -0.478 e. The summed E-state index contributed by atoms with van der Waals surface area (Å²) in [6, 6.07) is 7.42. The highest BCUT2D eigenvalue weighted by Gasteiger charge is 2.36. The largest absolute Gasteiger partial charge is 0.478 e. The van der Waals surface area contributed by atoms with Gasteiger partial charge >= 0.3 is 5.97 Å². The molecule has 1 rings (SSSR count). The van der Waals surface area contributed by atoms with E-state index in [2.05, 4.69) is 0 Å². The standard InChI is InChI=1S/C13H18O4/c1-4-10-7-5-6-8-11(10)17-13(2,9-16-3)12(14)15/h5-8H,4,9H2,1-3H3,(H,14,15). The van der Waals surface area contributed by atoms with E-state index in [-0.39, 0.29) is 6.61 Å². The molecule has 0 aliphatic rings. The fourth-order valence-corrected chi connectivity index (χ4v) is 1.55. The third-order valence-electron chi connectivity index (χ3n) is 2.56. The van der Waals surface area contributed by atoms with Gasteiger partial charge in [0.1, 0.15) is 5.75 Å². The molecule has 4 heteroatoms. The first kappa shape index (κ1) is 13.5. The van der Waals surface area contributed by atoms with Crippen molar-refractivity contribution in [2.45, 2.75) is 25.9 Å². The third-order valence-corrected chi connectivity index (χ3v) is 2.56. The van der Waals surface area contributed by atoms with Crippen LogP contribution in [0.15, 0.2) is 24.3 Å². The molecule has 17 heavy (non-hydrogen) atoms. The molecule has 94 valence electrons. The van der Waals surface area contributed by atoms with Crippen molar-refractivity contribution in [2.24, 2.45) is 0 Å². The monoisotopic (exact) mass is 238 g/mol. The Morgan fingerprint density at radius 1 is 1.41 bits per heavy atom. The van der Waals surface area contributed by atoms with Gasteiger partial charge in [0, 0.05) is 7.11 Å². The summed E-state index contributed by atoms with van der Waals surface area (Å²) in [7, 11) is 1.45. The zero-order valence-corrected chi connectivity index (χ0v) is 10.4. The molecule has 1 aromatic rings. The van der Waals surface area contributed by atoms with E-state index in [0.717, 1.165) is 12.0 Å². The Hall–Kier alpha value is -1.55. The fraction of sp³-hybridized carbons (Fsp3) is 0.462. The molecule has 1 N–H and O–H groups in total. The van der Waals surface area contributed by atoms with Gasteiger partial charge in [0.25, 0.3) is 0 Å². The molecule has 0 bridgehead atoms. The Labute approximate surface area is 101 Å². The molecule has 1 atom stereocenters. The first-order valence-electron chi connectivity index (χ1n) is 5.52. The Bertz CT molecular complexity index is 389. The van der Waals surface area contributed by atoms with Crippen LogP contribution in [0.1, 0.15) is 19.4 Å². The molecular formula is C13H18O4. The van der Waals surface area contributed by atoms with E-state index < -0.39 is 11.6 Å². The third kappa shape index (κ3) is 3.20. The molecule has 1 unspecified atom stereocenters. The van der Waals surface area contributed by atoms with Crippen LogP contribution in [0.5, 0.6) is 5.75 Å². The Kier molecular flexibility index (Phi) is 4.52. The van der Waals surface area contributed by atoms with Crippen LogP contribution in [0.3, 0.4) is 0 Å². The number of benzene rings is 1. The molecule has 0 saturated heterocycles. The van der Waals surface area contributed by atoms with Crippen molar-refractivity contribution in [1.29, 1.82) is 0 Å². The number of carbonyl (C=O) groups is 1. The Balaban J connectivity index is 2.97. The second kappa shape index (κ2) is 5.68. The fourth-order valence-electron chi connectivity index (χ4n) is 1.55. The average molecular weight is 238 g/mol. The lowest BCUT2D eigenvalue weighted by molar-refractivity contribution is -0.158. The maximum Gasteiger partial charge on any atom is 0.350 e. The van der Waals surface area contributed by atoms with E-state index in [9.17, 15) is 9.90 Å². The van der Waals surface area contributed by atoms with E-state index in [1.54, 1.807) is 6.07 Å². The lowest BCUT2D eigenvalue weighted by Crippen LogP contribution is -2.45. The van der Waals surface area contributed by atoms with Crippen LogP contribution in [0.4, 0.5) is 0 Å². The van der Waals surface area contributed by atoms with Gasteiger partial charge in [0.05, 0.1) is 6.61 Å². The van der Waals surface area contributed by atoms with Gasteiger partial charge in [-0.15, -0.1) is 0 Å². The zero-order valence-electron chi connectivity index (χ0n) is 10.4. The van der Waals surface area contributed by atoms with Crippen LogP contribution >= 0.6 is 0 Å². The molecular weight excluding hydrogens is 220 g/mol. The highest BCUT2D eigenvalue weighted by molar-refractivity contribution is 5.77. The van der Waals surface area contributed by atoms with Gasteiger partial charge in [-0.3, -0.25) is 0 Å². The predicted molar refractivity (Wildman–Crippen MR) is 64.4 cm³/mol. The predicted octanol–water partition coefficient (Wildman–Crippen LogP) is 2.12. The van der Waals surface area contributed by atoms with E-state index in [0.29, 0.717) is 5.75 Å². The number of methoxy groups -OCH3 is 1. The molecule has 0 fully saturated rings. The van der Waals surface area contributed by atoms with E-state index in [1.807, 2.05) is 25.1 Å². The number of hydrogen-bond acceptors (Lipinski definition) is 3. The number of hydrogen-bond donors (Lipinski definition) is 1. The second-order valence-electron chi connectivity index (χ2n) is 4.03. The molecule has 1 aromatic carbocycles. The summed E-state index contributed by atoms with van der Waals surface area (Å²) in [5.41, 5.74) is -0.379. The van der Waals surface area contributed by atoms with Crippen LogP contribution in [-0.4, -0.2) is 30.4 Å². The lowest BCUT2D eigenvalue weighted by atomic mass is 10.1. The van der Waals surface area contributed by atoms with Crippen LogP contribution in [0.25, 0.3) is 0 Å². The maximum absolute atomic E-state index is 11.2. The molecule has 0 aliphatic heterocycles. The highest BCUT2D eigenvalue weighted by Crippen LogP contribution is 2.24. The summed E-state index contributed by atoms with van der Waals surface area (Å²) in [5.74, 6) is -0.442. The smallest absolute Gasteiger partial charge is 0.350 e. The van der Waals surface area contributed by atoms with E-state index in [4.69, 9.17) is 9.47 Å². The number of para-hydroxylation sites is 1. The number of aryl methyl sites for hydroxylation is 1. The molecule has 4 nitrogen and oxygen atoms in total. The highest BCUT2D eigenvalue weighted by atomic mass is 16.6. The van der Waals surface area contributed by atoms with Gasteiger partial charge < -0.3 is 14.6 Å². The van der Waals surface area contributed by atoms with Crippen molar-refractivity contribution in [3.8, 4) is 5.75 Å². The summed E-state index contributed by atoms with van der Waals surface area (Å²) in [6.45, 7) is 3.50. The molecule has 0 heterocycles. The number of aliphatic carboxylic acids is 1. The minimum atomic E-state index is -1.36. The van der Waals surface area contributed by atoms with E-state index >= 15 is 0 Å². The quantitative estimate of drug-likeness (QED) is 0.824. The van der Waals surface area contributed by atoms with Crippen molar-refractivity contribution in [2.75, 3.05) is 13.7 Å². The van der Waals surface area contributed by atoms with Gasteiger partial charge in [0.2, 0.25) is 5.60 Å². The van der Waals surface area contributed by atoms with Crippen LogP contribution in [-0.2, 0) is 16.0 Å². The zero-order chi connectivity index (χ0) is 12.9. The second-order valence-corrected chi connectivity index (χ2v) is 4.03. The topological polar surface area (TPSA) is 55.8 Å². The maximum atomic E-state index is 11.2. The van der Waals surface area contributed by atoms with Crippen molar-refractivity contribution in [3.63, 3.8) is 0 Å². The van der Waals surface area contributed by atoms with Crippen LogP contribution in [0.2, 0.25) is 0 Å². The first-order valence-corrected chi connectivity index (χ1v) is 5.52. The van der Waals surface area contributed by atoms with Gasteiger partial charge in [-0.05, 0) is 25.0 Å². The van der Waals surface area contributed by atoms with Crippen LogP contribution in [0, 0.1) is 0 Å². The molecule has 0 saturated carbocycles. The van der Waals surface area contributed by atoms with E-state index in [1.165, 1.54) is 14.0 Å². The minimum absolute atomic E-state index is 0.000379. The van der Waals surface area contributed by atoms with Gasteiger partial charge in [0.15, 0.2) is 0 Å². The van der Waals surface area contributed by atoms with Crippen molar-refractivity contribution >= 4 is 5.97 Å². The average Bonchev–Trinajstić information content (AvgIpc) is 2.30. The molecule has 0 radical (unpaired) electrons. The van der Waals surface area contributed by atoms with Crippen molar-refractivity contribution in [3.05, 3.63) is 29.8 Å². The molecule has 0 aliphatic carbocycles. The normalized spacial score (nSPS) is 14.1. The number of ether oxygens (including phenoxy) is 2. The van der Waals surface area contributed by atoms with Crippen molar-refractivity contribution in [1.82, 2.24) is 0 Å². The lowest BCUT2D eigenvalue weighted by Gasteiger charge is -2.26. The molecule has 0 aromatic heterocycles. The van der Waals surface area contributed by atoms with Crippen molar-refractivity contribution < 1.29 is 19.4 Å². The summed E-state index contributed by atoms with van der Waals surface area (Å²) < 4.78 is 10.5. The molecule has 0 spiro atoms. The van der Waals surface area contributed by atoms with Gasteiger partial charge in [-0.2, -0.15) is 0 Å². The first-order chi connectivity index (χ1) is 8.03. The Morgan fingerprint density at radius 2 is 2.06 bits per heavy atom. The SMILES string of the molecule is CCc1ccccc1OC(C)(COC)C(=O)O. The summed E-state index contributed by atoms with van der Waals surface area (Å²) in [4.78, 5) is 11.2. The summed E-state index contributed by atoms with van der Waals surface area (Å²) in [5, 5.41) is 9.18. The van der Waals surface area contributed by atoms with Crippen LogP contribution < -0.4 is 4.74 Å². The Morgan fingerprint density at radius 3 is 2.59 bits per heavy atom. The van der Waals surface area contributed by atoms with Gasteiger partial charge in [-0.25, -0.2) is 4.79 Å². The van der Waals surface area contributed by atoms with Gasteiger partial charge in [-0.1, -0.05) is 25.1 Å². The summed E-state index contributed by atoms with van der Waals surface area (Å²) in [6.07, 6.45) is 0.791. The summed E-state index contributed by atoms with van der Waals surface area (Å²) >= 11 is 0. The molecule has 0 amide bonds.